The van der Waals surface area contributed by atoms with Crippen molar-refractivity contribution in [2.75, 3.05) is 17.6 Å². The minimum Gasteiger partial charge on any atom is -0.398 e. The number of halogens is 2. The first-order valence-corrected chi connectivity index (χ1v) is 6.77. The molecule has 0 aliphatic rings. The second-order valence-electron chi connectivity index (χ2n) is 4.50. The SMILES string of the molecule is Nc1ccc(NC(=O)NCCc2cccc(F)c2)cc1Cl. The van der Waals surface area contributed by atoms with Gasteiger partial charge in [0.25, 0.3) is 0 Å². The van der Waals surface area contributed by atoms with Crippen LogP contribution in [-0.4, -0.2) is 12.6 Å². The molecule has 4 N–H and O–H groups in total. The topological polar surface area (TPSA) is 67.1 Å². The van der Waals surface area contributed by atoms with Gasteiger partial charge < -0.3 is 16.4 Å². The summed E-state index contributed by atoms with van der Waals surface area (Å²) in [6, 6.07) is 10.8. The van der Waals surface area contributed by atoms with Crippen LogP contribution < -0.4 is 16.4 Å². The van der Waals surface area contributed by atoms with E-state index in [0.29, 0.717) is 29.4 Å². The number of anilines is 2. The minimum atomic E-state index is -0.354. The maximum atomic E-state index is 13.0. The third-order valence-corrected chi connectivity index (χ3v) is 3.17. The predicted molar refractivity (Wildman–Crippen MR) is 83.0 cm³/mol. The largest absolute Gasteiger partial charge is 0.398 e. The molecule has 6 heteroatoms. The van der Waals surface area contributed by atoms with E-state index in [2.05, 4.69) is 10.6 Å². The highest BCUT2D eigenvalue weighted by Gasteiger charge is 2.03. The fourth-order valence-corrected chi connectivity index (χ4v) is 1.97. The molecule has 0 unspecified atom stereocenters. The lowest BCUT2D eigenvalue weighted by Crippen LogP contribution is -2.30. The number of hydrogen-bond acceptors (Lipinski definition) is 2. The van der Waals surface area contributed by atoms with E-state index in [1.807, 2.05) is 6.07 Å². The molecule has 2 amide bonds. The monoisotopic (exact) mass is 307 g/mol. The molecule has 0 atom stereocenters. The highest BCUT2D eigenvalue weighted by Crippen LogP contribution is 2.22. The molecule has 110 valence electrons. The first-order valence-electron chi connectivity index (χ1n) is 6.39. The van der Waals surface area contributed by atoms with Gasteiger partial charge in [-0.05, 0) is 42.3 Å². The third kappa shape index (κ3) is 4.65. The molecule has 0 aliphatic carbocycles. The molecule has 0 aromatic heterocycles. The number of nitrogens with one attached hydrogen (secondary N) is 2. The van der Waals surface area contributed by atoms with E-state index < -0.39 is 0 Å². The van der Waals surface area contributed by atoms with Gasteiger partial charge in [-0.15, -0.1) is 0 Å². The van der Waals surface area contributed by atoms with Crippen LogP contribution in [0.15, 0.2) is 42.5 Å². The van der Waals surface area contributed by atoms with Crippen molar-refractivity contribution in [1.29, 1.82) is 0 Å². The van der Waals surface area contributed by atoms with Crippen LogP contribution in [0.2, 0.25) is 5.02 Å². The van der Waals surface area contributed by atoms with E-state index in [9.17, 15) is 9.18 Å². The summed E-state index contributed by atoms with van der Waals surface area (Å²) in [5, 5.41) is 5.71. The number of amides is 2. The Labute approximate surface area is 127 Å². The number of rotatable bonds is 4. The third-order valence-electron chi connectivity index (χ3n) is 2.85. The van der Waals surface area contributed by atoms with E-state index in [0.717, 1.165) is 5.56 Å². The van der Waals surface area contributed by atoms with Crippen LogP contribution >= 0.6 is 11.6 Å². The molecule has 0 saturated carbocycles. The van der Waals surface area contributed by atoms with Gasteiger partial charge in [-0.1, -0.05) is 23.7 Å². The lowest BCUT2D eigenvalue weighted by molar-refractivity contribution is 0.252. The van der Waals surface area contributed by atoms with Crippen LogP contribution in [0.1, 0.15) is 5.56 Å². The van der Waals surface area contributed by atoms with Crippen LogP contribution in [-0.2, 0) is 6.42 Å². The van der Waals surface area contributed by atoms with Gasteiger partial charge >= 0.3 is 6.03 Å². The Morgan fingerprint density at radius 3 is 2.76 bits per heavy atom. The zero-order valence-electron chi connectivity index (χ0n) is 11.2. The van der Waals surface area contributed by atoms with Crippen LogP contribution in [0.3, 0.4) is 0 Å². The molecule has 2 aromatic rings. The van der Waals surface area contributed by atoms with Crippen molar-refractivity contribution in [3.63, 3.8) is 0 Å². The highest BCUT2D eigenvalue weighted by atomic mass is 35.5. The van der Waals surface area contributed by atoms with E-state index >= 15 is 0 Å². The minimum absolute atomic E-state index is 0.284. The van der Waals surface area contributed by atoms with E-state index in [4.69, 9.17) is 17.3 Å². The van der Waals surface area contributed by atoms with Crippen LogP contribution in [0, 0.1) is 5.82 Å². The fraction of sp³-hybridized carbons (Fsp3) is 0.133. The number of carbonyl (C=O) groups is 1. The Hall–Kier alpha value is -2.27. The average molecular weight is 308 g/mol. The molecule has 4 nitrogen and oxygen atoms in total. The molecular formula is C15H15ClFN3O. The van der Waals surface area contributed by atoms with Gasteiger partial charge in [-0.3, -0.25) is 0 Å². The zero-order valence-corrected chi connectivity index (χ0v) is 12.0. The Balaban J connectivity index is 1.81. The molecule has 0 bridgehead atoms. The quantitative estimate of drug-likeness (QED) is 0.758. The smallest absolute Gasteiger partial charge is 0.319 e. The zero-order chi connectivity index (χ0) is 15.2. The van der Waals surface area contributed by atoms with Crippen LogP contribution in [0.4, 0.5) is 20.6 Å². The van der Waals surface area contributed by atoms with Crippen molar-refractivity contribution >= 4 is 29.0 Å². The highest BCUT2D eigenvalue weighted by molar-refractivity contribution is 6.33. The second-order valence-corrected chi connectivity index (χ2v) is 4.90. The van der Waals surface area contributed by atoms with Crippen LogP contribution in [0.5, 0.6) is 0 Å². The van der Waals surface area contributed by atoms with Crippen molar-refractivity contribution in [2.45, 2.75) is 6.42 Å². The van der Waals surface area contributed by atoms with Crippen molar-refractivity contribution in [1.82, 2.24) is 5.32 Å². The molecular weight excluding hydrogens is 293 g/mol. The predicted octanol–water partition coefficient (Wildman–Crippen LogP) is 3.43. The standard InChI is InChI=1S/C15H15ClFN3O/c16-13-9-12(4-5-14(13)18)20-15(21)19-7-6-10-2-1-3-11(17)8-10/h1-5,8-9H,6-7,18H2,(H2,19,20,21). The lowest BCUT2D eigenvalue weighted by Gasteiger charge is -2.08. The number of urea groups is 1. The summed E-state index contributed by atoms with van der Waals surface area (Å²) in [6.45, 7) is 0.401. The first kappa shape index (κ1) is 15.1. The first-order chi connectivity index (χ1) is 10.0. The summed E-state index contributed by atoms with van der Waals surface area (Å²) in [7, 11) is 0. The maximum Gasteiger partial charge on any atom is 0.319 e. The van der Waals surface area contributed by atoms with Gasteiger partial charge in [0, 0.05) is 12.2 Å². The number of hydrogen-bond donors (Lipinski definition) is 3. The number of nitrogens with two attached hydrogens (primary N) is 1. The van der Waals surface area contributed by atoms with Gasteiger partial charge in [0.2, 0.25) is 0 Å². The summed E-state index contributed by atoms with van der Waals surface area (Å²) < 4.78 is 13.0. The van der Waals surface area contributed by atoms with Gasteiger partial charge in [0.05, 0.1) is 10.7 Å². The molecule has 0 aliphatic heterocycles. The summed E-state index contributed by atoms with van der Waals surface area (Å²) in [4.78, 5) is 11.7. The number of nitrogen functional groups attached to an aromatic ring is 1. The molecule has 0 spiro atoms. The molecule has 0 radical (unpaired) electrons. The molecule has 0 heterocycles. The summed E-state index contributed by atoms with van der Waals surface area (Å²) in [5.74, 6) is -0.284. The van der Waals surface area contributed by atoms with Gasteiger partial charge in [-0.25, -0.2) is 9.18 Å². The van der Waals surface area contributed by atoms with Gasteiger partial charge in [0.1, 0.15) is 5.82 Å². The normalized spacial score (nSPS) is 10.2. The van der Waals surface area contributed by atoms with Crippen molar-refractivity contribution < 1.29 is 9.18 Å². The number of carbonyl (C=O) groups excluding carboxylic acids is 1. The molecule has 0 fully saturated rings. The fourth-order valence-electron chi connectivity index (χ4n) is 1.79. The van der Waals surface area contributed by atoms with Gasteiger partial charge in [0.15, 0.2) is 0 Å². The second kappa shape index (κ2) is 6.95. The Morgan fingerprint density at radius 2 is 2.05 bits per heavy atom. The van der Waals surface area contributed by atoms with E-state index in [-0.39, 0.29) is 11.8 Å². The summed E-state index contributed by atoms with van der Waals surface area (Å²) in [6.07, 6.45) is 0.549. The Kier molecular flexibility index (Phi) is 5.00. The van der Waals surface area contributed by atoms with Gasteiger partial charge in [-0.2, -0.15) is 0 Å². The Bertz CT molecular complexity index is 649. The maximum absolute atomic E-state index is 13.0. The van der Waals surface area contributed by atoms with Crippen molar-refractivity contribution in [3.05, 3.63) is 58.9 Å². The summed E-state index contributed by atoms with van der Waals surface area (Å²) in [5.41, 5.74) is 7.42. The molecule has 21 heavy (non-hydrogen) atoms. The molecule has 0 saturated heterocycles. The summed E-state index contributed by atoms with van der Waals surface area (Å²) >= 11 is 5.86. The van der Waals surface area contributed by atoms with Crippen molar-refractivity contribution in [2.24, 2.45) is 0 Å². The molecule has 2 aromatic carbocycles. The van der Waals surface area contributed by atoms with E-state index in [1.165, 1.54) is 12.1 Å². The lowest BCUT2D eigenvalue weighted by atomic mass is 10.1. The van der Waals surface area contributed by atoms with E-state index in [1.54, 1.807) is 24.3 Å². The number of benzene rings is 2. The van der Waals surface area contributed by atoms with Crippen LogP contribution in [0.25, 0.3) is 0 Å². The molecule has 2 rings (SSSR count). The average Bonchev–Trinajstić information content (AvgIpc) is 2.43. The van der Waals surface area contributed by atoms with Crippen molar-refractivity contribution in [3.8, 4) is 0 Å². The Morgan fingerprint density at radius 1 is 1.24 bits per heavy atom.